The molecule has 23 nitrogen and oxygen atoms in total. The number of nitrogens with one attached hydrogen (secondary N) is 2. The zero-order valence-corrected chi connectivity index (χ0v) is 42.7. The van der Waals surface area contributed by atoms with Crippen LogP contribution in [0.25, 0.3) is 0 Å². The van der Waals surface area contributed by atoms with E-state index < -0.39 is 137 Å². The number of allylic oxidation sites excluding steroid dienone is 1. The van der Waals surface area contributed by atoms with Crippen LogP contribution in [-0.4, -0.2) is 128 Å². The second-order valence-electron chi connectivity index (χ2n) is 17.8. The van der Waals surface area contributed by atoms with Crippen LogP contribution in [0.5, 0.6) is 11.5 Å². The number of nitrogens with two attached hydrogens (primary N) is 1. The minimum absolute atomic E-state index is 0.0382. The monoisotopic (exact) mass is 1070 g/mol. The molecule has 0 radical (unpaired) electrons. The van der Waals surface area contributed by atoms with Gasteiger partial charge >= 0.3 is 33.1 Å². The fourth-order valence-electron chi connectivity index (χ4n) is 7.09. The van der Waals surface area contributed by atoms with E-state index in [9.17, 15) is 43.3 Å². The summed E-state index contributed by atoms with van der Waals surface area (Å²) in [6, 6.07) is 14.5. The predicted octanol–water partition coefficient (Wildman–Crippen LogP) is 4.49. The Bertz CT molecular complexity index is 2620. The molecule has 3 aliphatic rings. The van der Waals surface area contributed by atoms with Crippen LogP contribution in [0.2, 0.25) is 0 Å². The number of aliphatic hydroxyl groups excluding tert-OH is 2. The minimum atomic E-state index is -4.57. The van der Waals surface area contributed by atoms with Gasteiger partial charge in [-0.05, 0) is 91.8 Å². The van der Waals surface area contributed by atoms with Crippen LogP contribution < -0.4 is 30.6 Å². The van der Waals surface area contributed by atoms with Gasteiger partial charge in [-0.2, -0.15) is 15.2 Å². The number of ketones is 1. The molecule has 3 aromatic rings. The number of halogens is 3. The van der Waals surface area contributed by atoms with E-state index in [4.69, 9.17) is 42.8 Å². The summed E-state index contributed by atoms with van der Waals surface area (Å²) in [6.45, 7) is 9.17. The summed E-state index contributed by atoms with van der Waals surface area (Å²) in [6.07, 6.45) is -7.29. The van der Waals surface area contributed by atoms with E-state index in [-0.39, 0.29) is 17.3 Å². The van der Waals surface area contributed by atoms with Crippen molar-refractivity contribution < 1.29 is 88.7 Å². The van der Waals surface area contributed by atoms with Gasteiger partial charge in [0.1, 0.15) is 48.2 Å². The normalized spacial score (nSPS) is 28.4. The Labute approximate surface area is 417 Å². The Balaban J connectivity index is 0.000000271. The lowest BCUT2D eigenvalue weighted by Crippen LogP contribution is -2.51. The third-order valence-corrected chi connectivity index (χ3v) is 14.0. The van der Waals surface area contributed by atoms with E-state index in [1.54, 1.807) is 64.1 Å². The number of carbonyl (C=O) groups is 4. The molecule has 0 bridgehead atoms. The van der Waals surface area contributed by atoms with Gasteiger partial charge in [-0.1, -0.05) is 36.4 Å². The molecular weight excluding hydrogens is 1020 g/mol. The van der Waals surface area contributed by atoms with E-state index in [0.29, 0.717) is 4.57 Å². The quantitative estimate of drug-likeness (QED) is 0.0591. The maximum atomic E-state index is 15.8. The summed E-state index contributed by atoms with van der Waals surface area (Å²) >= 11 is 0. The van der Waals surface area contributed by atoms with E-state index in [1.807, 2.05) is 0 Å². The van der Waals surface area contributed by atoms with Crippen molar-refractivity contribution in [2.75, 3.05) is 18.9 Å². The number of benzene rings is 2. The standard InChI is InChI=1S/C23H30FN2O9P.C22H29F2N4O8P/c1-14(2)33-21(30)15(3)25-36(31,35-17-8-6-5-7-9-17)32-13-18-20(29)23(4,24)22(34-18)26-11-10-16(27)12-19(26)28;1-13(2)34-17(29)14(3)27-37(32,36-15-8-6-5-7-9-15)33-12-22(24)18(30)21(4,23)19(35-22)28-11-10-16(25)26-20(28)31/h5-11,14-15,18,20,22,29H,12-13H2,1-4H3,(H,25,31);5-11,13-14,18-19,30H,12H2,1-4H3,(H,27,32)(H2,25,26,31)/t15-,18?,20+,22?,23+,36-;14-,18-,19?,21+,22+,37-/m00/s1. The molecular formula is C45H59F3N6O17P2. The highest BCUT2D eigenvalue weighted by atomic mass is 31.2. The molecule has 4 heterocycles. The molecule has 3 unspecified atom stereocenters. The Morgan fingerprint density at radius 3 is 1.79 bits per heavy atom. The van der Waals surface area contributed by atoms with Gasteiger partial charge in [-0.15, -0.1) is 0 Å². The Morgan fingerprint density at radius 2 is 1.32 bits per heavy atom. The number of carbonyl (C=O) groups excluding carboxylic acids is 4. The fourth-order valence-corrected chi connectivity index (χ4v) is 10.1. The van der Waals surface area contributed by atoms with Gasteiger partial charge in [-0.25, -0.2) is 27.1 Å². The Kier molecular flexibility index (Phi) is 19.0. The van der Waals surface area contributed by atoms with Gasteiger partial charge in [0.2, 0.25) is 5.91 Å². The van der Waals surface area contributed by atoms with Crippen LogP contribution in [0.15, 0.2) is 90.0 Å². The summed E-state index contributed by atoms with van der Waals surface area (Å²) in [5.41, 5.74) is -0.918. The molecule has 73 heavy (non-hydrogen) atoms. The molecule has 2 saturated heterocycles. The number of aliphatic hydroxyl groups is 2. The number of amides is 1. The highest BCUT2D eigenvalue weighted by Gasteiger charge is 2.65. The summed E-state index contributed by atoms with van der Waals surface area (Å²) in [5, 5.41) is 25.9. The number of nitrogen functional groups attached to an aromatic ring is 1. The number of hydrogen-bond acceptors (Lipinski definition) is 19. The maximum absolute atomic E-state index is 15.8. The van der Waals surface area contributed by atoms with Crippen LogP contribution in [0.1, 0.15) is 68.0 Å². The van der Waals surface area contributed by atoms with Crippen LogP contribution in [0.3, 0.4) is 0 Å². The summed E-state index contributed by atoms with van der Waals surface area (Å²) in [4.78, 5) is 64.7. The van der Waals surface area contributed by atoms with Crippen molar-refractivity contribution in [1.82, 2.24) is 24.6 Å². The minimum Gasteiger partial charge on any atom is -0.462 e. The molecule has 28 heteroatoms. The molecule has 12 atom stereocenters. The Morgan fingerprint density at radius 1 is 0.808 bits per heavy atom. The first-order valence-electron chi connectivity index (χ1n) is 22.6. The average molecular weight is 1070 g/mol. The average Bonchev–Trinajstić information content (AvgIpc) is 3.63. The van der Waals surface area contributed by atoms with Gasteiger partial charge in [0, 0.05) is 12.4 Å². The van der Waals surface area contributed by atoms with Gasteiger partial charge in [0.25, 0.3) is 5.85 Å². The molecule has 3 aliphatic heterocycles. The van der Waals surface area contributed by atoms with Crippen molar-refractivity contribution in [2.45, 2.75) is 134 Å². The Hall–Kier alpha value is -5.53. The van der Waals surface area contributed by atoms with Crippen LogP contribution in [0.4, 0.5) is 19.0 Å². The smallest absolute Gasteiger partial charge is 0.459 e. The summed E-state index contributed by atoms with van der Waals surface area (Å²) in [7, 11) is -8.86. The topological polar surface area (TPSA) is 305 Å². The second-order valence-corrected chi connectivity index (χ2v) is 21.2. The number of nitrogens with zero attached hydrogens (tertiary/aromatic N) is 3. The van der Waals surface area contributed by atoms with Crippen LogP contribution in [-0.2, 0) is 56.3 Å². The van der Waals surface area contributed by atoms with Crippen molar-refractivity contribution in [2.24, 2.45) is 0 Å². The predicted molar refractivity (Wildman–Crippen MR) is 251 cm³/mol. The lowest BCUT2D eigenvalue weighted by atomic mass is 9.97. The zero-order valence-electron chi connectivity index (χ0n) is 40.9. The maximum Gasteiger partial charge on any atom is 0.459 e. The molecule has 0 saturated carbocycles. The highest BCUT2D eigenvalue weighted by Crippen LogP contribution is 2.52. The van der Waals surface area contributed by atoms with Crippen LogP contribution >= 0.6 is 15.5 Å². The number of ether oxygens (including phenoxy) is 4. The lowest BCUT2D eigenvalue weighted by molar-refractivity contribution is -0.204. The highest BCUT2D eigenvalue weighted by molar-refractivity contribution is 7.52. The molecule has 402 valence electrons. The lowest BCUT2D eigenvalue weighted by Gasteiger charge is -2.32. The van der Waals surface area contributed by atoms with Crippen LogP contribution in [0, 0.1) is 0 Å². The fraction of sp³-hybridized carbons (Fsp3) is 0.511. The SMILES string of the molecule is CC(C)OC(=O)[C@H](C)N[P@](=O)(OCC1OC(N2C=CC(=O)CC2=O)[C@](C)(F)[C@@H]1O)Oc1ccccc1.CC(C)OC(=O)[C@H](C)N[P@](=O)(OC[C@@]1(F)OC(n2ccc(N)nc2=O)[C@](C)(F)[C@@H]1O)Oc1ccccc1. The van der Waals surface area contributed by atoms with Crippen molar-refractivity contribution in [3.8, 4) is 11.5 Å². The molecule has 6 rings (SSSR count). The molecule has 0 aliphatic carbocycles. The van der Waals surface area contributed by atoms with Crippen molar-refractivity contribution in [1.29, 1.82) is 0 Å². The first kappa shape index (κ1) is 58.4. The van der Waals surface area contributed by atoms with Crippen molar-refractivity contribution in [3.63, 3.8) is 0 Å². The molecule has 2 aromatic carbocycles. The summed E-state index contributed by atoms with van der Waals surface area (Å²) in [5.74, 6) is -5.89. The van der Waals surface area contributed by atoms with Crippen molar-refractivity contribution >= 4 is 44.9 Å². The number of esters is 2. The zero-order chi connectivity index (χ0) is 54.3. The van der Waals surface area contributed by atoms with Gasteiger partial charge in [-0.3, -0.25) is 37.7 Å². The molecule has 1 amide bonds. The number of rotatable bonds is 20. The number of para-hydroxylation sites is 2. The molecule has 0 spiro atoms. The number of anilines is 1. The molecule has 1 aromatic heterocycles. The van der Waals surface area contributed by atoms with E-state index in [0.717, 1.165) is 43.3 Å². The van der Waals surface area contributed by atoms with E-state index in [1.165, 1.54) is 38.1 Å². The largest absolute Gasteiger partial charge is 0.462 e. The summed E-state index contributed by atoms with van der Waals surface area (Å²) < 4.78 is 117. The van der Waals surface area contributed by atoms with Gasteiger partial charge in [0.15, 0.2) is 35.7 Å². The van der Waals surface area contributed by atoms with E-state index >= 15 is 13.2 Å². The van der Waals surface area contributed by atoms with Gasteiger partial charge < -0.3 is 43.9 Å². The van der Waals surface area contributed by atoms with E-state index in [2.05, 4.69) is 15.2 Å². The number of aromatic nitrogens is 2. The number of alkyl halides is 3. The number of hydrogen-bond donors (Lipinski definition) is 5. The van der Waals surface area contributed by atoms with Crippen molar-refractivity contribution in [3.05, 3.63) is 95.7 Å². The first-order chi connectivity index (χ1) is 34.0. The molecule has 6 N–H and O–H groups in total. The third kappa shape index (κ3) is 14.8. The van der Waals surface area contributed by atoms with Gasteiger partial charge in [0.05, 0.1) is 25.2 Å². The third-order valence-electron chi connectivity index (χ3n) is 10.7. The second kappa shape index (κ2) is 23.8. The first-order valence-corrected chi connectivity index (χ1v) is 25.7. The molecule has 2 fully saturated rings.